The zero-order valence-electron chi connectivity index (χ0n) is 12.0. The molecule has 0 saturated heterocycles. The molecule has 0 atom stereocenters. The predicted octanol–water partition coefficient (Wildman–Crippen LogP) is 4.27. The first-order valence-electron chi connectivity index (χ1n) is 7.29. The van der Waals surface area contributed by atoms with Crippen molar-refractivity contribution in [3.05, 3.63) is 34.9 Å². The summed E-state index contributed by atoms with van der Waals surface area (Å²) in [6.07, 6.45) is 6.94. The van der Waals surface area contributed by atoms with Crippen LogP contribution < -0.4 is 0 Å². The summed E-state index contributed by atoms with van der Waals surface area (Å²) in [5.74, 6) is -0.637. The number of aryl methyl sites for hydroxylation is 3. The first kappa shape index (κ1) is 14.1. The minimum absolute atomic E-state index is 0.0587. The fourth-order valence-corrected chi connectivity index (χ4v) is 3.49. The Labute approximate surface area is 115 Å². The van der Waals surface area contributed by atoms with Crippen molar-refractivity contribution in [1.82, 2.24) is 0 Å². The molecule has 0 aromatic heterocycles. The SMILES string of the molecule is Cc1ccc(CCC2(CC(=O)O)CCCC2)c(C)c1. The minimum atomic E-state index is -0.637. The third kappa shape index (κ3) is 3.59. The van der Waals surface area contributed by atoms with Gasteiger partial charge in [0, 0.05) is 0 Å². The molecule has 1 N–H and O–H groups in total. The van der Waals surface area contributed by atoms with E-state index < -0.39 is 5.97 Å². The zero-order chi connectivity index (χ0) is 13.9. The van der Waals surface area contributed by atoms with E-state index in [2.05, 4.69) is 32.0 Å². The Morgan fingerprint density at radius 2 is 1.95 bits per heavy atom. The van der Waals surface area contributed by atoms with Crippen LogP contribution in [0.1, 0.15) is 55.2 Å². The van der Waals surface area contributed by atoms with Crippen molar-refractivity contribution in [3.8, 4) is 0 Å². The Kier molecular flexibility index (Phi) is 4.28. The predicted molar refractivity (Wildman–Crippen MR) is 77.4 cm³/mol. The molecule has 2 nitrogen and oxygen atoms in total. The summed E-state index contributed by atoms with van der Waals surface area (Å²) in [6, 6.07) is 6.57. The van der Waals surface area contributed by atoms with E-state index in [4.69, 9.17) is 5.11 Å². The Hall–Kier alpha value is -1.31. The van der Waals surface area contributed by atoms with Crippen molar-refractivity contribution in [1.29, 1.82) is 0 Å². The Bertz CT molecular complexity index is 456. The molecule has 2 heteroatoms. The van der Waals surface area contributed by atoms with Crippen LogP contribution in [0.5, 0.6) is 0 Å². The minimum Gasteiger partial charge on any atom is -0.481 e. The van der Waals surface area contributed by atoms with Crippen LogP contribution in [0.2, 0.25) is 0 Å². The zero-order valence-corrected chi connectivity index (χ0v) is 12.0. The molecule has 1 saturated carbocycles. The first-order valence-corrected chi connectivity index (χ1v) is 7.29. The molecule has 2 rings (SSSR count). The summed E-state index contributed by atoms with van der Waals surface area (Å²) >= 11 is 0. The van der Waals surface area contributed by atoms with Gasteiger partial charge in [0.1, 0.15) is 0 Å². The van der Waals surface area contributed by atoms with Crippen LogP contribution in [-0.4, -0.2) is 11.1 Å². The third-order valence-electron chi connectivity index (χ3n) is 4.61. The molecule has 0 aliphatic heterocycles. The Balaban J connectivity index is 2.04. The van der Waals surface area contributed by atoms with Gasteiger partial charge in [-0.15, -0.1) is 0 Å². The maximum atomic E-state index is 11.1. The van der Waals surface area contributed by atoms with E-state index in [1.165, 1.54) is 29.5 Å². The first-order chi connectivity index (χ1) is 9.01. The third-order valence-corrected chi connectivity index (χ3v) is 4.61. The van der Waals surface area contributed by atoms with Crippen molar-refractivity contribution in [2.45, 2.75) is 58.8 Å². The molecule has 104 valence electrons. The van der Waals surface area contributed by atoms with E-state index in [0.717, 1.165) is 25.7 Å². The van der Waals surface area contributed by atoms with Gasteiger partial charge >= 0.3 is 5.97 Å². The van der Waals surface area contributed by atoms with Crippen LogP contribution in [0.3, 0.4) is 0 Å². The maximum Gasteiger partial charge on any atom is 0.303 e. The van der Waals surface area contributed by atoms with Crippen molar-refractivity contribution < 1.29 is 9.90 Å². The van der Waals surface area contributed by atoms with Crippen LogP contribution in [0.15, 0.2) is 18.2 Å². The van der Waals surface area contributed by atoms with Gasteiger partial charge < -0.3 is 5.11 Å². The second-order valence-electron chi connectivity index (χ2n) is 6.21. The van der Waals surface area contributed by atoms with Gasteiger partial charge in [-0.3, -0.25) is 4.79 Å². The van der Waals surface area contributed by atoms with Gasteiger partial charge in [0.2, 0.25) is 0 Å². The van der Waals surface area contributed by atoms with Crippen LogP contribution >= 0.6 is 0 Å². The number of carboxylic acids is 1. The van der Waals surface area contributed by atoms with E-state index in [-0.39, 0.29) is 5.41 Å². The fourth-order valence-electron chi connectivity index (χ4n) is 3.49. The molecule has 1 aromatic carbocycles. The summed E-state index contributed by atoms with van der Waals surface area (Å²) < 4.78 is 0. The van der Waals surface area contributed by atoms with Crippen LogP contribution in [0.4, 0.5) is 0 Å². The van der Waals surface area contributed by atoms with Gasteiger partial charge in [-0.1, -0.05) is 36.6 Å². The monoisotopic (exact) mass is 260 g/mol. The highest BCUT2D eigenvalue weighted by atomic mass is 16.4. The van der Waals surface area contributed by atoms with Gasteiger partial charge in [-0.25, -0.2) is 0 Å². The highest BCUT2D eigenvalue weighted by Gasteiger charge is 2.35. The number of carbonyl (C=O) groups is 1. The second kappa shape index (κ2) is 5.77. The van der Waals surface area contributed by atoms with Crippen molar-refractivity contribution in [2.24, 2.45) is 5.41 Å². The van der Waals surface area contributed by atoms with E-state index in [0.29, 0.717) is 6.42 Å². The summed E-state index contributed by atoms with van der Waals surface area (Å²) in [4.78, 5) is 11.1. The Morgan fingerprint density at radius 1 is 1.26 bits per heavy atom. The number of hydrogen-bond donors (Lipinski definition) is 1. The number of benzene rings is 1. The molecule has 0 bridgehead atoms. The largest absolute Gasteiger partial charge is 0.481 e. The second-order valence-corrected chi connectivity index (χ2v) is 6.21. The van der Waals surface area contributed by atoms with Gasteiger partial charge in [0.05, 0.1) is 6.42 Å². The number of carboxylic acid groups (broad SMARTS) is 1. The molecule has 1 aromatic rings. The lowest BCUT2D eigenvalue weighted by Gasteiger charge is -2.27. The lowest BCUT2D eigenvalue weighted by atomic mass is 9.77. The van der Waals surface area contributed by atoms with Crippen LogP contribution in [-0.2, 0) is 11.2 Å². The average Bonchev–Trinajstić information content (AvgIpc) is 2.76. The molecule has 0 spiro atoms. The molecule has 1 aliphatic rings. The smallest absolute Gasteiger partial charge is 0.303 e. The molecular formula is C17H24O2. The van der Waals surface area contributed by atoms with E-state index in [1.54, 1.807) is 0 Å². The summed E-state index contributed by atoms with van der Waals surface area (Å²) in [5, 5.41) is 9.13. The molecular weight excluding hydrogens is 236 g/mol. The topological polar surface area (TPSA) is 37.3 Å². The summed E-state index contributed by atoms with van der Waals surface area (Å²) in [6.45, 7) is 4.26. The van der Waals surface area contributed by atoms with E-state index >= 15 is 0 Å². The molecule has 0 heterocycles. The van der Waals surface area contributed by atoms with Crippen molar-refractivity contribution in [2.75, 3.05) is 0 Å². The number of aliphatic carboxylic acids is 1. The summed E-state index contributed by atoms with van der Waals surface area (Å²) in [7, 11) is 0. The molecule has 1 aliphatic carbocycles. The molecule has 0 unspecified atom stereocenters. The Morgan fingerprint density at radius 3 is 2.53 bits per heavy atom. The van der Waals surface area contributed by atoms with Gasteiger partial charge in [-0.2, -0.15) is 0 Å². The van der Waals surface area contributed by atoms with Gasteiger partial charge in [0.15, 0.2) is 0 Å². The van der Waals surface area contributed by atoms with Crippen molar-refractivity contribution in [3.63, 3.8) is 0 Å². The summed E-state index contributed by atoms with van der Waals surface area (Å²) in [5.41, 5.74) is 4.07. The van der Waals surface area contributed by atoms with Crippen LogP contribution in [0.25, 0.3) is 0 Å². The fraction of sp³-hybridized carbons (Fsp3) is 0.588. The highest BCUT2D eigenvalue weighted by Crippen LogP contribution is 2.44. The average molecular weight is 260 g/mol. The molecule has 19 heavy (non-hydrogen) atoms. The standard InChI is InChI=1S/C17H24O2/c1-13-5-6-15(14(2)11-13)7-10-17(12-16(18)19)8-3-4-9-17/h5-6,11H,3-4,7-10,12H2,1-2H3,(H,18,19). The highest BCUT2D eigenvalue weighted by molar-refractivity contribution is 5.67. The lowest BCUT2D eigenvalue weighted by Crippen LogP contribution is -2.22. The number of hydrogen-bond acceptors (Lipinski definition) is 1. The van der Waals surface area contributed by atoms with Gasteiger partial charge in [-0.05, 0) is 56.1 Å². The normalized spacial score (nSPS) is 17.6. The maximum absolute atomic E-state index is 11.1. The molecule has 0 radical (unpaired) electrons. The molecule has 1 fully saturated rings. The number of rotatable bonds is 5. The van der Waals surface area contributed by atoms with Crippen molar-refractivity contribution >= 4 is 5.97 Å². The van der Waals surface area contributed by atoms with E-state index in [9.17, 15) is 4.79 Å². The van der Waals surface area contributed by atoms with E-state index in [1.807, 2.05) is 0 Å². The lowest BCUT2D eigenvalue weighted by molar-refractivity contribution is -0.139. The van der Waals surface area contributed by atoms with Gasteiger partial charge in [0.25, 0.3) is 0 Å². The molecule has 0 amide bonds. The van der Waals surface area contributed by atoms with Crippen LogP contribution in [0, 0.1) is 19.3 Å². The quantitative estimate of drug-likeness (QED) is 0.858.